The molecule has 1 aliphatic heterocycles. The summed E-state index contributed by atoms with van der Waals surface area (Å²) < 4.78 is 2.11. The lowest BCUT2D eigenvalue weighted by atomic mass is 9.96. The molecule has 0 spiro atoms. The van der Waals surface area contributed by atoms with E-state index < -0.39 is 0 Å². The Morgan fingerprint density at radius 3 is 2.58 bits per heavy atom. The third-order valence-electron chi connectivity index (χ3n) is 5.23. The van der Waals surface area contributed by atoms with E-state index in [9.17, 15) is 0 Å². The monoisotopic (exact) mass is 326 g/mol. The average molecular weight is 326 g/mol. The minimum Gasteiger partial charge on any atom is -0.354 e. The van der Waals surface area contributed by atoms with Crippen molar-refractivity contribution < 1.29 is 0 Å². The van der Waals surface area contributed by atoms with Gasteiger partial charge in [-0.25, -0.2) is 15.0 Å². The number of anilines is 1. The van der Waals surface area contributed by atoms with Crippen LogP contribution in [0.5, 0.6) is 0 Å². The Balaban J connectivity index is 1.46. The summed E-state index contributed by atoms with van der Waals surface area (Å²) in [6.07, 6.45) is 8.68. The number of hydrogen-bond donors (Lipinski definition) is 0. The molecule has 6 heteroatoms. The van der Waals surface area contributed by atoms with Gasteiger partial charge in [0.05, 0.1) is 6.54 Å². The number of piperazine rings is 1. The highest BCUT2D eigenvalue weighted by molar-refractivity contribution is 5.50. The van der Waals surface area contributed by atoms with Gasteiger partial charge in [-0.3, -0.25) is 4.90 Å². The zero-order valence-corrected chi connectivity index (χ0v) is 14.7. The molecule has 0 aromatic carbocycles. The predicted octanol–water partition coefficient (Wildman–Crippen LogP) is 1.72. The Kier molecular flexibility index (Phi) is 4.22. The molecule has 0 amide bonds. The van der Waals surface area contributed by atoms with Gasteiger partial charge in [-0.05, 0) is 32.6 Å². The fraction of sp³-hybridized carbons (Fsp3) is 0.611. The van der Waals surface area contributed by atoms with Crippen LogP contribution in [0.2, 0.25) is 0 Å². The summed E-state index contributed by atoms with van der Waals surface area (Å²) in [6.45, 7) is 7.14. The van der Waals surface area contributed by atoms with E-state index in [1.807, 2.05) is 19.3 Å². The van der Waals surface area contributed by atoms with Crippen LogP contribution >= 0.6 is 0 Å². The number of fused-ring (bicyclic) bond motifs is 1. The molecule has 2 aromatic rings. The van der Waals surface area contributed by atoms with Crippen molar-refractivity contribution in [3.8, 4) is 0 Å². The molecule has 6 nitrogen and oxygen atoms in total. The van der Waals surface area contributed by atoms with Crippen LogP contribution in [0.25, 0.3) is 0 Å². The molecule has 0 N–H and O–H groups in total. The first-order valence-electron chi connectivity index (χ1n) is 9.00. The molecule has 0 saturated carbocycles. The lowest BCUT2D eigenvalue weighted by molar-refractivity contribution is 0.241. The number of imidazole rings is 1. The summed E-state index contributed by atoms with van der Waals surface area (Å²) in [6, 6.07) is 0. The number of aryl methyl sites for hydroxylation is 3. The van der Waals surface area contributed by atoms with E-state index in [4.69, 9.17) is 4.98 Å². The normalized spacial score (nSPS) is 18.7. The molecular weight excluding hydrogens is 300 g/mol. The summed E-state index contributed by atoms with van der Waals surface area (Å²) in [5, 5.41) is 0. The van der Waals surface area contributed by atoms with Gasteiger partial charge in [0.15, 0.2) is 0 Å². The van der Waals surface area contributed by atoms with E-state index in [2.05, 4.69) is 31.4 Å². The first kappa shape index (κ1) is 15.6. The standard InChI is InChI=1S/C18H26N6/c1-14-20-16-6-4-3-5-15(16)18(21-14)24-11-9-23(10-12-24)13-17-19-7-8-22(17)2/h7-8H,3-6,9-13H2,1-2H3. The van der Waals surface area contributed by atoms with Crippen molar-refractivity contribution in [3.05, 3.63) is 35.3 Å². The number of rotatable bonds is 3. The SMILES string of the molecule is Cc1nc2c(c(N3CCN(Cc4nccn4C)CC3)n1)CCCC2. The summed E-state index contributed by atoms with van der Waals surface area (Å²) in [5.41, 5.74) is 2.70. The van der Waals surface area contributed by atoms with Crippen molar-refractivity contribution in [1.82, 2.24) is 24.4 Å². The molecule has 1 saturated heterocycles. The van der Waals surface area contributed by atoms with Gasteiger partial charge in [-0.2, -0.15) is 0 Å². The maximum atomic E-state index is 4.80. The second-order valence-corrected chi connectivity index (χ2v) is 6.94. The number of aromatic nitrogens is 4. The largest absolute Gasteiger partial charge is 0.354 e. The molecule has 0 atom stereocenters. The number of nitrogens with zero attached hydrogens (tertiary/aromatic N) is 6. The van der Waals surface area contributed by atoms with E-state index in [-0.39, 0.29) is 0 Å². The summed E-state index contributed by atoms with van der Waals surface area (Å²) >= 11 is 0. The van der Waals surface area contributed by atoms with Crippen LogP contribution in [0.15, 0.2) is 12.4 Å². The average Bonchev–Trinajstić information content (AvgIpc) is 3.00. The molecule has 2 aromatic heterocycles. The molecule has 1 fully saturated rings. The van der Waals surface area contributed by atoms with E-state index >= 15 is 0 Å². The van der Waals surface area contributed by atoms with Gasteiger partial charge < -0.3 is 9.47 Å². The van der Waals surface area contributed by atoms with Gasteiger partial charge >= 0.3 is 0 Å². The van der Waals surface area contributed by atoms with Gasteiger partial charge in [-0.1, -0.05) is 0 Å². The molecule has 0 radical (unpaired) electrons. The molecule has 0 unspecified atom stereocenters. The van der Waals surface area contributed by atoms with Crippen LogP contribution in [0, 0.1) is 6.92 Å². The molecule has 24 heavy (non-hydrogen) atoms. The maximum absolute atomic E-state index is 4.80. The number of hydrogen-bond acceptors (Lipinski definition) is 5. The zero-order chi connectivity index (χ0) is 16.5. The van der Waals surface area contributed by atoms with Crippen LogP contribution in [-0.4, -0.2) is 50.6 Å². The van der Waals surface area contributed by atoms with E-state index in [1.165, 1.54) is 29.9 Å². The third kappa shape index (κ3) is 3.02. The predicted molar refractivity (Wildman–Crippen MR) is 94.1 cm³/mol. The van der Waals surface area contributed by atoms with Gasteiger partial charge in [0.25, 0.3) is 0 Å². The van der Waals surface area contributed by atoms with E-state index in [1.54, 1.807) is 0 Å². The maximum Gasteiger partial charge on any atom is 0.135 e. The first-order chi connectivity index (χ1) is 11.7. The van der Waals surface area contributed by atoms with Gasteiger partial charge in [-0.15, -0.1) is 0 Å². The zero-order valence-electron chi connectivity index (χ0n) is 14.7. The highest BCUT2D eigenvalue weighted by atomic mass is 15.3. The van der Waals surface area contributed by atoms with Crippen molar-refractivity contribution >= 4 is 5.82 Å². The molecule has 2 aliphatic rings. The summed E-state index contributed by atoms with van der Waals surface area (Å²) in [5.74, 6) is 3.26. The highest BCUT2D eigenvalue weighted by Gasteiger charge is 2.24. The van der Waals surface area contributed by atoms with Crippen molar-refractivity contribution in [2.75, 3.05) is 31.1 Å². The smallest absolute Gasteiger partial charge is 0.135 e. The molecular formula is C18H26N6. The second-order valence-electron chi connectivity index (χ2n) is 6.94. The van der Waals surface area contributed by atoms with Crippen molar-refractivity contribution in [2.45, 2.75) is 39.2 Å². The Bertz CT molecular complexity index is 714. The van der Waals surface area contributed by atoms with Gasteiger partial charge in [0, 0.05) is 56.9 Å². The Morgan fingerprint density at radius 2 is 1.83 bits per heavy atom. The van der Waals surface area contributed by atoms with Crippen LogP contribution in [-0.2, 0) is 26.4 Å². The Hall–Kier alpha value is -1.95. The topological polar surface area (TPSA) is 50.1 Å². The van der Waals surface area contributed by atoms with E-state index in [0.717, 1.165) is 57.2 Å². The lowest BCUT2D eigenvalue weighted by Gasteiger charge is -2.36. The van der Waals surface area contributed by atoms with Crippen molar-refractivity contribution in [3.63, 3.8) is 0 Å². The van der Waals surface area contributed by atoms with E-state index in [0.29, 0.717) is 0 Å². The molecule has 128 valence electrons. The fourth-order valence-corrected chi connectivity index (χ4v) is 3.82. The third-order valence-corrected chi connectivity index (χ3v) is 5.23. The van der Waals surface area contributed by atoms with Crippen LogP contribution < -0.4 is 4.90 Å². The van der Waals surface area contributed by atoms with Crippen LogP contribution in [0.4, 0.5) is 5.82 Å². The lowest BCUT2D eigenvalue weighted by Crippen LogP contribution is -2.47. The quantitative estimate of drug-likeness (QED) is 0.859. The minimum atomic E-state index is 0.918. The fourth-order valence-electron chi connectivity index (χ4n) is 3.82. The van der Waals surface area contributed by atoms with Crippen LogP contribution in [0.3, 0.4) is 0 Å². The van der Waals surface area contributed by atoms with Crippen LogP contribution in [0.1, 0.15) is 35.7 Å². The van der Waals surface area contributed by atoms with Crippen molar-refractivity contribution in [1.29, 1.82) is 0 Å². The molecule has 3 heterocycles. The molecule has 0 bridgehead atoms. The van der Waals surface area contributed by atoms with Gasteiger partial charge in [0.1, 0.15) is 17.5 Å². The minimum absolute atomic E-state index is 0.918. The molecule has 4 rings (SSSR count). The highest BCUT2D eigenvalue weighted by Crippen LogP contribution is 2.28. The Labute approximate surface area is 143 Å². The molecule has 1 aliphatic carbocycles. The summed E-state index contributed by atoms with van der Waals surface area (Å²) in [4.78, 5) is 18.9. The first-order valence-corrected chi connectivity index (χ1v) is 9.00. The second kappa shape index (κ2) is 6.51. The Morgan fingerprint density at radius 1 is 1.04 bits per heavy atom. The summed E-state index contributed by atoms with van der Waals surface area (Å²) in [7, 11) is 2.06. The van der Waals surface area contributed by atoms with Crippen molar-refractivity contribution in [2.24, 2.45) is 7.05 Å². The van der Waals surface area contributed by atoms with Gasteiger partial charge in [0.2, 0.25) is 0 Å².